The molecule has 1 N–H and O–H groups in total. The molecule has 0 aliphatic rings. The third kappa shape index (κ3) is 12.0. The summed E-state index contributed by atoms with van der Waals surface area (Å²) < 4.78 is 0. The Kier molecular flexibility index (Phi) is 12.2. The van der Waals surface area contributed by atoms with E-state index in [1.165, 1.54) is 37.9 Å². The van der Waals surface area contributed by atoms with E-state index in [2.05, 4.69) is 25.7 Å². The predicted molar refractivity (Wildman–Crippen MR) is 73.7 cm³/mol. The summed E-state index contributed by atoms with van der Waals surface area (Å²) in [5.74, 6) is 2.28. The molecule has 0 aliphatic heterocycles. The van der Waals surface area contributed by atoms with Crippen LogP contribution in [0.15, 0.2) is 12.7 Å². The molecule has 0 aromatic heterocycles. The van der Waals surface area contributed by atoms with Gasteiger partial charge in [0, 0.05) is 24.1 Å². The molecule has 0 rings (SSSR count). The van der Waals surface area contributed by atoms with Crippen LogP contribution in [-0.2, 0) is 0 Å². The lowest BCUT2D eigenvalue weighted by Crippen LogP contribution is -2.28. The molecular weight excluding hydrogens is 202 g/mol. The molecule has 0 saturated heterocycles. The summed E-state index contributed by atoms with van der Waals surface area (Å²) >= 11 is 1.95. The highest BCUT2D eigenvalue weighted by atomic mass is 32.2. The molecular formula is C13H27NS. The van der Waals surface area contributed by atoms with Crippen LogP contribution in [0.1, 0.15) is 46.0 Å². The fraction of sp³-hybridized carbons (Fsp3) is 0.846. The second kappa shape index (κ2) is 12.1. The number of thioether (sulfide) groups is 1. The number of rotatable bonds is 11. The number of hydrogen-bond acceptors (Lipinski definition) is 2. The van der Waals surface area contributed by atoms with E-state index in [1.54, 1.807) is 0 Å². The van der Waals surface area contributed by atoms with Crippen molar-refractivity contribution in [2.75, 3.05) is 18.1 Å². The molecule has 0 bridgehead atoms. The second-order valence-corrected chi connectivity index (χ2v) is 5.22. The highest BCUT2D eigenvalue weighted by Crippen LogP contribution is 2.05. The van der Waals surface area contributed by atoms with E-state index in [0.717, 1.165) is 12.3 Å². The minimum atomic E-state index is 0.686. The van der Waals surface area contributed by atoms with Gasteiger partial charge < -0.3 is 5.32 Å². The first-order valence-electron chi connectivity index (χ1n) is 6.23. The van der Waals surface area contributed by atoms with Crippen molar-refractivity contribution in [3.05, 3.63) is 12.7 Å². The van der Waals surface area contributed by atoms with Crippen LogP contribution in [0.2, 0.25) is 0 Å². The summed E-state index contributed by atoms with van der Waals surface area (Å²) in [6.45, 7) is 9.40. The smallest absolute Gasteiger partial charge is 0.0111 e. The van der Waals surface area contributed by atoms with Gasteiger partial charge in [-0.15, -0.1) is 6.58 Å². The molecule has 0 saturated carbocycles. The number of hydrogen-bond donors (Lipinski definition) is 1. The van der Waals surface area contributed by atoms with Crippen molar-refractivity contribution in [1.82, 2.24) is 5.32 Å². The largest absolute Gasteiger partial charge is 0.313 e. The van der Waals surface area contributed by atoms with Crippen molar-refractivity contribution >= 4 is 11.8 Å². The zero-order chi connectivity index (χ0) is 11.4. The third-order valence-electron chi connectivity index (χ3n) is 2.47. The Morgan fingerprint density at radius 1 is 1.33 bits per heavy atom. The summed E-state index contributed by atoms with van der Waals surface area (Å²) in [6, 6.07) is 0.686. The Hall–Kier alpha value is 0.0500. The van der Waals surface area contributed by atoms with E-state index in [-0.39, 0.29) is 0 Å². The van der Waals surface area contributed by atoms with Gasteiger partial charge in [-0.2, -0.15) is 11.8 Å². The minimum absolute atomic E-state index is 0.686. The normalized spacial score (nSPS) is 12.7. The van der Waals surface area contributed by atoms with Crippen molar-refractivity contribution in [3.8, 4) is 0 Å². The molecule has 0 fully saturated rings. The fourth-order valence-corrected chi connectivity index (χ4v) is 2.12. The lowest BCUT2D eigenvalue weighted by Gasteiger charge is -2.13. The van der Waals surface area contributed by atoms with Gasteiger partial charge in [0.15, 0.2) is 0 Å². The molecule has 2 heteroatoms. The van der Waals surface area contributed by atoms with Crippen LogP contribution in [0.4, 0.5) is 0 Å². The van der Waals surface area contributed by atoms with E-state index in [0.29, 0.717) is 6.04 Å². The van der Waals surface area contributed by atoms with Crippen LogP contribution < -0.4 is 5.32 Å². The quantitative estimate of drug-likeness (QED) is 0.426. The van der Waals surface area contributed by atoms with E-state index in [1.807, 2.05) is 17.8 Å². The summed E-state index contributed by atoms with van der Waals surface area (Å²) in [6.07, 6.45) is 8.79. The van der Waals surface area contributed by atoms with Crippen LogP contribution in [0.5, 0.6) is 0 Å². The van der Waals surface area contributed by atoms with Gasteiger partial charge >= 0.3 is 0 Å². The SMILES string of the molecule is C=CCSCCNC(C)CCCCCC. The lowest BCUT2D eigenvalue weighted by molar-refractivity contribution is 0.496. The van der Waals surface area contributed by atoms with Crippen LogP contribution in [0, 0.1) is 0 Å². The maximum Gasteiger partial charge on any atom is 0.0111 e. The molecule has 15 heavy (non-hydrogen) atoms. The lowest BCUT2D eigenvalue weighted by atomic mass is 10.1. The van der Waals surface area contributed by atoms with Gasteiger partial charge in [0.05, 0.1) is 0 Å². The molecule has 0 radical (unpaired) electrons. The van der Waals surface area contributed by atoms with E-state index < -0.39 is 0 Å². The molecule has 0 aliphatic carbocycles. The predicted octanol–water partition coefficient (Wildman–Crippen LogP) is 3.85. The third-order valence-corrected chi connectivity index (χ3v) is 3.43. The Morgan fingerprint density at radius 2 is 2.13 bits per heavy atom. The van der Waals surface area contributed by atoms with Crippen molar-refractivity contribution in [3.63, 3.8) is 0 Å². The Balaban J connectivity index is 3.11. The molecule has 0 amide bonds. The van der Waals surface area contributed by atoms with Crippen LogP contribution in [0.3, 0.4) is 0 Å². The van der Waals surface area contributed by atoms with Crippen molar-refractivity contribution in [2.24, 2.45) is 0 Å². The summed E-state index contributed by atoms with van der Waals surface area (Å²) in [5.41, 5.74) is 0. The molecule has 0 spiro atoms. The van der Waals surface area contributed by atoms with Crippen LogP contribution in [-0.4, -0.2) is 24.1 Å². The van der Waals surface area contributed by atoms with E-state index >= 15 is 0 Å². The maximum absolute atomic E-state index is 3.71. The first-order chi connectivity index (χ1) is 7.31. The monoisotopic (exact) mass is 229 g/mol. The maximum atomic E-state index is 3.71. The summed E-state index contributed by atoms with van der Waals surface area (Å²) in [4.78, 5) is 0. The van der Waals surface area contributed by atoms with Gasteiger partial charge in [0.1, 0.15) is 0 Å². The standard InChI is InChI=1S/C13H27NS/c1-4-6-7-8-9-13(3)14-10-12-15-11-5-2/h5,13-14H,2,4,6-12H2,1,3H3. The van der Waals surface area contributed by atoms with Crippen molar-refractivity contribution < 1.29 is 0 Å². The Bertz CT molecular complexity index is 136. The second-order valence-electron chi connectivity index (χ2n) is 4.07. The first kappa shape index (κ1) is 15.0. The number of unbranched alkanes of at least 4 members (excludes halogenated alkanes) is 3. The topological polar surface area (TPSA) is 12.0 Å². The van der Waals surface area contributed by atoms with Crippen molar-refractivity contribution in [1.29, 1.82) is 0 Å². The molecule has 1 unspecified atom stereocenters. The fourth-order valence-electron chi connectivity index (χ4n) is 1.52. The van der Waals surface area contributed by atoms with Gasteiger partial charge in [-0.1, -0.05) is 38.7 Å². The van der Waals surface area contributed by atoms with Gasteiger partial charge in [-0.3, -0.25) is 0 Å². The van der Waals surface area contributed by atoms with E-state index in [4.69, 9.17) is 0 Å². The Labute approximate surface area is 100 Å². The van der Waals surface area contributed by atoms with E-state index in [9.17, 15) is 0 Å². The molecule has 0 heterocycles. The molecule has 1 atom stereocenters. The average molecular weight is 229 g/mol. The molecule has 0 aromatic carbocycles. The van der Waals surface area contributed by atoms with Crippen LogP contribution in [0.25, 0.3) is 0 Å². The van der Waals surface area contributed by atoms with Gasteiger partial charge in [-0.05, 0) is 13.3 Å². The molecule has 90 valence electrons. The minimum Gasteiger partial charge on any atom is -0.313 e. The zero-order valence-corrected chi connectivity index (χ0v) is 11.2. The van der Waals surface area contributed by atoms with Crippen LogP contribution >= 0.6 is 11.8 Å². The first-order valence-corrected chi connectivity index (χ1v) is 7.38. The summed E-state index contributed by atoms with van der Waals surface area (Å²) in [5, 5.41) is 3.56. The average Bonchev–Trinajstić information content (AvgIpc) is 2.24. The summed E-state index contributed by atoms with van der Waals surface area (Å²) in [7, 11) is 0. The molecule has 0 aromatic rings. The number of nitrogens with one attached hydrogen (secondary N) is 1. The van der Waals surface area contributed by atoms with Gasteiger partial charge in [0.25, 0.3) is 0 Å². The zero-order valence-electron chi connectivity index (χ0n) is 10.4. The highest BCUT2D eigenvalue weighted by Gasteiger charge is 1.99. The van der Waals surface area contributed by atoms with Gasteiger partial charge in [0.2, 0.25) is 0 Å². The molecule has 1 nitrogen and oxygen atoms in total. The van der Waals surface area contributed by atoms with Crippen molar-refractivity contribution in [2.45, 2.75) is 52.0 Å². The highest BCUT2D eigenvalue weighted by molar-refractivity contribution is 7.99. The Morgan fingerprint density at radius 3 is 2.80 bits per heavy atom. The van der Waals surface area contributed by atoms with Gasteiger partial charge in [-0.25, -0.2) is 0 Å².